The number of hydrogen-bond donors (Lipinski definition) is 2. The van der Waals surface area contributed by atoms with E-state index in [0.29, 0.717) is 71.8 Å². The fourth-order valence-electron chi connectivity index (χ4n) is 7.93. The van der Waals surface area contributed by atoms with Gasteiger partial charge in [-0.05, 0) is 99.3 Å². The van der Waals surface area contributed by atoms with Gasteiger partial charge in [0.2, 0.25) is 17.4 Å². The SMILES string of the molecule is CN(C(=O)CCCCC[N+]1=C(/C=C/C=C2/N(CCCS(=O)(=O)O)c3ccc(S(=O)(=O)O)cc3C2(C)C)C(C)(C)c2cc(S(=O)(=O)[O-])ccc21)c1ccc(-c2nncnn2)cc1. The van der Waals surface area contributed by atoms with E-state index in [4.69, 9.17) is 0 Å². The molecule has 0 saturated heterocycles. The summed E-state index contributed by atoms with van der Waals surface area (Å²) in [6.07, 6.45) is 9.10. The lowest BCUT2D eigenvalue weighted by molar-refractivity contribution is -0.438. The lowest BCUT2D eigenvalue weighted by Crippen LogP contribution is -2.29. The fraction of sp³-hybridized carbons (Fsp3) is 0.366. The molecular formula is C41H47N7O10S3. The van der Waals surface area contributed by atoms with Crippen LogP contribution in [0.3, 0.4) is 0 Å². The van der Waals surface area contributed by atoms with Crippen LogP contribution in [0.1, 0.15) is 70.9 Å². The maximum Gasteiger partial charge on any atom is 0.294 e. The summed E-state index contributed by atoms with van der Waals surface area (Å²) < 4.78 is 105. The number of carbonyl (C=O) groups excluding carboxylic acids is 1. The maximum atomic E-state index is 13.2. The number of carbonyl (C=O) groups is 1. The standard InChI is InChI=1S/C41H47N7O10S3/c1-40(2)32-25-30(60(53,54)55)18-20-34(32)47(22-8-6-7-13-38(49)46(5)29-16-14-28(15-17-29)39-44-42-27-43-45-39)36(40)11-9-12-37-41(3,4)33-26-31(61(56,57)58)19-21-35(33)48(37)23-10-24-59(50,51)52/h9,11-12,14-21,25-27H,6-8,10,13,22-24H2,1-5H3,(H2-,50,51,52,53,54,55,56,57,58). The monoisotopic (exact) mass is 893 g/mol. The van der Waals surface area contributed by atoms with Gasteiger partial charge in [-0.25, -0.2) is 8.42 Å². The van der Waals surface area contributed by atoms with E-state index < -0.39 is 46.9 Å². The molecule has 6 rings (SSSR count). The summed E-state index contributed by atoms with van der Waals surface area (Å²) in [6, 6.07) is 15.7. The van der Waals surface area contributed by atoms with Crippen molar-refractivity contribution in [2.75, 3.05) is 35.7 Å². The molecule has 3 heterocycles. The Labute approximate surface area is 355 Å². The lowest BCUT2D eigenvalue weighted by atomic mass is 9.81. The van der Waals surface area contributed by atoms with Crippen molar-refractivity contribution >= 4 is 59.0 Å². The third-order valence-corrected chi connectivity index (χ3v) is 13.7. The van der Waals surface area contributed by atoms with E-state index >= 15 is 0 Å². The van der Waals surface area contributed by atoms with Gasteiger partial charge in [0.05, 0.1) is 21.0 Å². The van der Waals surface area contributed by atoms with Crippen molar-refractivity contribution in [3.8, 4) is 11.4 Å². The first kappa shape index (κ1) is 45.3. The fourth-order valence-corrected chi connectivity index (χ4v) is 9.43. The number of aromatic nitrogens is 4. The van der Waals surface area contributed by atoms with Crippen LogP contribution in [0.15, 0.2) is 101 Å². The zero-order chi connectivity index (χ0) is 44.5. The van der Waals surface area contributed by atoms with Crippen molar-refractivity contribution in [1.29, 1.82) is 0 Å². The first-order chi connectivity index (χ1) is 28.5. The second-order valence-corrected chi connectivity index (χ2v) is 20.3. The summed E-state index contributed by atoms with van der Waals surface area (Å²) in [4.78, 5) is 16.0. The smallest absolute Gasteiger partial charge is 0.294 e. The van der Waals surface area contributed by atoms with Crippen LogP contribution in [0, 0.1) is 0 Å². The second kappa shape index (κ2) is 17.3. The minimum atomic E-state index is -4.75. The van der Waals surface area contributed by atoms with Crippen molar-refractivity contribution in [2.24, 2.45) is 0 Å². The molecule has 3 aromatic carbocycles. The molecule has 0 saturated carbocycles. The minimum absolute atomic E-state index is 0.0592. The predicted molar refractivity (Wildman–Crippen MR) is 227 cm³/mol. The zero-order valence-electron chi connectivity index (χ0n) is 34.3. The first-order valence-electron chi connectivity index (χ1n) is 19.4. The molecular weight excluding hydrogens is 847 g/mol. The highest BCUT2D eigenvalue weighted by Crippen LogP contribution is 2.49. The Hall–Kier alpha value is -5.25. The van der Waals surface area contributed by atoms with Gasteiger partial charge in [0, 0.05) is 72.2 Å². The van der Waals surface area contributed by atoms with E-state index in [1.54, 1.807) is 48.3 Å². The Balaban J connectivity index is 1.24. The van der Waals surface area contributed by atoms with Crippen LogP contribution >= 0.6 is 0 Å². The van der Waals surface area contributed by atoms with Crippen molar-refractivity contribution in [3.63, 3.8) is 0 Å². The molecule has 17 nitrogen and oxygen atoms in total. The Morgan fingerprint density at radius 3 is 2.13 bits per heavy atom. The predicted octanol–water partition coefficient (Wildman–Crippen LogP) is 5.20. The molecule has 61 heavy (non-hydrogen) atoms. The quantitative estimate of drug-likeness (QED) is 0.0834. The number of nitrogens with zero attached hydrogens (tertiary/aromatic N) is 7. The average Bonchev–Trinajstić information content (AvgIpc) is 3.54. The van der Waals surface area contributed by atoms with E-state index in [1.807, 2.05) is 50.8 Å². The molecule has 2 aliphatic heterocycles. The summed E-state index contributed by atoms with van der Waals surface area (Å²) in [6.45, 7) is 8.26. The summed E-state index contributed by atoms with van der Waals surface area (Å²) in [7, 11) is -11.8. The molecule has 0 unspecified atom stereocenters. The van der Waals surface area contributed by atoms with Crippen LogP contribution in [0.25, 0.3) is 11.4 Å². The van der Waals surface area contributed by atoms with Crippen molar-refractivity contribution < 1.29 is 48.3 Å². The Bertz CT molecular complexity index is 2770. The molecule has 0 fully saturated rings. The highest BCUT2D eigenvalue weighted by atomic mass is 32.2. The number of allylic oxidation sites excluding steroid dienone is 4. The molecule has 324 valence electrons. The summed E-state index contributed by atoms with van der Waals surface area (Å²) in [5.41, 5.74) is 3.87. The zero-order valence-corrected chi connectivity index (χ0v) is 36.7. The maximum absolute atomic E-state index is 13.2. The molecule has 0 aliphatic carbocycles. The highest BCUT2D eigenvalue weighted by Gasteiger charge is 2.45. The number of hydrogen-bond acceptors (Lipinski definition) is 13. The Morgan fingerprint density at radius 2 is 1.49 bits per heavy atom. The van der Waals surface area contributed by atoms with Gasteiger partial charge in [-0.15, -0.1) is 20.4 Å². The molecule has 0 spiro atoms. The van der Waals surface area contributed by atoms with Gasteiger partial charge in [0.1, 0.15) is 16.7 Å². The van der Waals surface area contributed by atoms with Gasteiger partial charge < -0.3 is 14.4 Å². The molecule has 0 radical (unpaired) electrons. The molecule has 4 aromatic rings. The molecule has 1 amide bonds. The molecule has 2 N–H and O–H groups in total. The van der Waals surface area contributed by atoms with Crippen LogP contribution in [0.4, 0.5) is 17.1 Å². The van der Waals surface area contributed by atoms with Crippen molar-refractivity contribution in [1.82, 2.24) is 20.4 Å². The number of benzene rings is 3. The Morgan fingerprint density at radius 1 is 0.836 bits per heavy atom. The molecule has 0 bridgehead atoms. The van der Waals surface area contributed by atoms with Gasteiger partial charge in [-0.3, -0.25) is 13.9 Å². The number of fused-ring (bicyclic) bond motifs is 2. The molecule has 1 aromatic heterocycles. The van der Waals surface area contributed by atoms with Crippen LogP contribution in [0.5, 0.6) is 0 Å². The van der Waals surface area contributed by atoms with Crippen molar-refractivity contribution in [2.45, 2.75) is 80.4 Å². The number of amides is 1. The van der Waals surface area contributed by atoms with Gasteiger partial charge in [-0.1, -0.05) is 19.9 Å². The highest BCUT2D eigenvalue weighted by molar-refractivity contribution is 7.86. The minimum Gasteiger partial charge on any atom is -0.744 e. The number of anilines is 2. The van der Waals surface area contributed by atoms with E-state index in [2.05, 4.69) is 25.0 Å². The molecule has 0 atom stereocenters. The third kappa shape index (κ3) is 9.95. The van der Waals surface area contributed by atoms with Crippen LogP contribution in [-0.4, -0.2) is 101 Å². The van der Waals surface area contributed by atoms with E-state index in [1.165, 1.54) is 30.6 Å². The third-order valence-electron chi connectivity index (χ3n) is 11.2. The largest absolute Gasteiger partial charge is 0.744 e. The van der Waals surface area contributed by atoms with Crippen LogP contribution in [-0.2, 0) is 46.0 Å². The number of rotatable bonds is 16. The normalized spacial score (nSPS) is 16.7. The van der Waals surface area contributed by atoms with E-state index in [0.717, 1.165) is 11.4 Å². The summed E-state index contributed by atoms with van der Waals surface area (Å²) >= 11 is 0. The Kier molecular flexibility index (Phi) is 12.8. The second-order valence-electron chi connectivity index (χ2n) is 16.0. The van der Waals surface area contributed by atoms with Gasteiger partial charge in [0.15, 0.2) is 12.0 Å². The van der Waals surface area contributed by atoms with Crippen LogP contribution in [0.2, 0.25) is 0 Å². The molecule has 2 aliphatic rings. The van der Waals surface area contributed by atoms with Gasteiger partial charge in [0.25, 0.3) is 20.2 Å². The summed E-state index contributed by atoms with van der Waals surface area (Å²) in [5, 5.41) is 15.4. The van der Waals surface area contributed by atoms with Gasteiger partial charge >= 0.3 is 0 Å². The molecule has 20 heteroatoms. The van der Waals surface area contributed by atoms with Gasteiger partial charge in [-0.2, -0.15) is 21.4 Å². The lowest BCUT2D eigenvalue weighted by Gasteiger charge is -2.27. The van der Waals surface area contributed by atoms with Crippen LogP contribution < -0.4 is 9.80 Å². The first-order valence-corrected chi connectivity index (χ1v) is 23.8. The summed E-state index contributed by atoms with van der Waals surface area (Å²) in [5.74, 6) is -0.184. The van der Waals surface area contributed by atoms with Crippen molar-refractivity contribution in [3.05, 3.63) is 102 Å². The van der Waals surface area contributed by atoms with E-state index in [-0.39, 0.29) is 28.7 Å². The number of unbranched alkanes of at least 4 members (excludes halogenated alkanes) is 2. The average molecular weight is 894 g/mol. The topological polar surface area (TPSA) is 244 Å². The van der Waals surface area contributed by atoms with E-state index in [9.17, 15) is 43.7 Å².